The highest BCUT2D eigenvalue weighted by Crippen LogP contribution is 2.63. The molecule has 0 radical (unpaired) electrons. The SMILES string of the molecule is CC1(C)C(Nc2nc(NN)nc3sccc23)C1(C)C. The highest BCUT2D eigenvalue weighted by molar-refractivity contribution is 7.16. The maximum atomic E-state index is 5.43. The molecule has 0 aromatic carbocycles. The summed E-state index contributed by atoms with van der Waals surface area (Å²) in [5, 5.41) is 6.64. The molecule has 0 amide bonds. The summed E-state index contributed by atoms with van der Waals surface area (Å²) in [6.07, 6.45) is 0. The van der Waals surface area contributed by atoms with Crippen LogP contribution in [-0.4, -0.2) is 16.0 Å². The van der Waals surface area contributed by atoms with Crippen LogP contribution in [0, 0.1) is 10.8 Å². The van der Waals surface area contributed by atoms with E-state index in [-0.39, 0.29) is 10.8 Å². The molecule has 3 rings (SSSR count). The van der Waals surface area contributed by atoms with Crippen molar-refractivity contribution in [3.05, 3.63) is 11.4 Å². The van der Waals surface area contributed by atoms with Crippen LogP contribution in [0.3, 0.4) is 0 Å². The molecule has 2 aromatic rings. The van der Waals surface area contributed by atoms with Crippen molar-refractivity contribution in [2.75, 3.05) is 10.7 Å². The molecule has 0 aliphatic heterocycles. The fraction of sp³-hybridized carbons (Fsp3) is 0.538. The Morgan fingerprint density at radius 2 is 1.89 bits per heavy atom. The van der Waals surface area contributed by atoms with E-state index in [0.717, 1.165) is 16.0 Å². The summed E-state index contributed by atoms with van der Waals surface area (Å²) in [4.78, 5) is 9.74. The van der Waals surface area contributed by atoms with Crippen LogP contribution in [0.1, 0.15) is 27.7 Å². The van der Waals surface area contributed by atoms with Crippen LogP contribution in [0.15, 0.2) is 11.4 Å². The maximum absolute atomic E-state index is 5.43. The third kappa shape index (κ3) is 1.70. The van der Waals surface area contributed by atoms with Crippen LogP contribution in [-0.2, 0) is 0 Å². The summed E-state index contributed by atoms with van der Waals surface area (Å²) in [6, 6.07) is 2.45. The van der Waals surface area contributed by atoms with Crippen LogP contribution >= 0.6 is 11.3 Å². The first kappa shape index (κ1) is 12.6. The zero-order valence-electron chi connectivity index (χ0n) is 11.6. The number of hydrogen-bond acceptors (Lipinski definition) is 6. The fourth-order valence-electron chi connectivity index (χ4n) is 2.72. The third-order valence-electron chi connectivity index (χ3n) is 4.76. The summed E-state index contributed by atoms with van der Waals surface area (Å²) in [5.74, 6) is 6.75. The minimum Gasteiger partial charge on any atom is -0.366 e. The lowest BCUT2D eigenvalue weighted by Crippen LogP contribution is -2.15. The summed E-state index contributed by atoms with van der Waals surface area (Å²) in [6.45, 7) is 9.11. The Bertz CT molecular complexity index is 617. The summed E-state index contributed by atoms with van der Waals surface area (Å²) in [5.41, 5.74) is 3.05. The van der Waals surface area contributed by atoms with Gasteiger partial charge < -0.3 is 5.32 Å². The molecule has 4 N–H and O–H groups in total. The molecule has 0 spiro atoms. The van der Waals surface area contributed by atoms with Gasteiger partial charge in [-0.05, 0) is 22.3 Å². The normalized spacial score (nSPS) is 20.5. The molecule has 102 valence electrons. The Labute approximate surface area is 116 Å². The van der Waals surface area contributed by atoms with Crippen molar-refractivity contribution < 1.29 is 0 Å². The lowest BCUT2D eigenvalue weighted by molar-refractivity contribution is 0.457. The van der Waals surface area contributed by atoms with E-state index in [1.54, 1.807) is 11.3 Å². The van der Waals surface area contributed by atoms with Crippen molar-refractivity contribution in [1.29, 1.82) is 0 Å². The maximum Gasteiger partial charge on any atom is 0.240 e. The molecule has 2 heterocycles. The van der Waals surface area contributed by atoms with Gasteiger partial charge in [0.25, 0.3) is 0 Å². The van der Waals surface area contributed by atoms with Crippen molar-refractivity contribution in [2.24, 2.45) is 16.7 Å². The smallest absolute Gasteiger partial charge is 0.240 e. The average molecular weight is 277 g/mol. The zero-order valence-corrected chi connectivity index (χ0v) is 12.4. The molecule has 1 saturated carbocycles. The number of nitrogens with zero attached hydrogens (tertiary/aromatic N) is 2. The number of nitrogens with one attached hydrogen (secondary N) is 2. The van der Waals surface area contributed by atoms with Crippen LogP contribution < -0.4 is 16.6 Å². The quantitative estimate of drug-likeness (QED) is 0.594. The number of fused-ring (bicyclic) bond motifs is 1. The predicted octanol–water partition coefficient (Wildman–Crippen LogP) is 2.82. The number of nitrogens with two attached hydrogens (primary N) is 1. The van der Waals surface area contributed by atoms with Crippen LogP contribution in [0.25, 0.3) is 10.2 Å². The van der Waals surface area contributed by atoms with E-state index >= 15 is 0 Å². The van der Waals surface area contributed by atoms with Gasteiger partial charge in [0.15, 0.2) is 0 Å². The van der Waals surface area contributed by atoms with Gasteiger partial charge >= 0.3 is 0 Å². The summed E-state index contributed by atoms with van der Waals surface area (Å²) >= 11 is 1.59. The summed E-state index contributed by atoms with van der Waals surface area (Å²) in [7, 11) is 0. The minimum atomic E-state index is 0.261. The van der Waals surface area contributed by atoms with E-state index in [1.165, 1.54) is 0 Å². The highest BCUT2D eigenvalue weighted by atomic mass is 32.1. The molecule has 1 fully saturated rings. The Balaban J connectivity index is 1.99. The molecular weight excluding hydrogens is 258 g/mol. The lowest BCUT2D eigenvalue weighted by Gasteiger charge is -2.10. The zero-order chi connectivity index (χ0) is 13.8. The second-order valence-electron chi connectivity index (χ2n) is 6.20. The van der Waals surface area contributed by atoms with Gasteiger partial charge in [-0.1, -0.05) is 27.7 Å². The number of nitrogen functional groups attached to an aromatic ring is 1. The molecular formula is C13H19N5S. The van der Waals surface area contributed by atoms with Gasteiger partial charge in [-0.3, -0.25) is 5.43 Å². The fourth-order valence-corrected chi connectivity index (χ4v) is 3.49. The predicted molar refractivity (Wildman–Crippen MR) is 80.2 cm³/mol. The van der Waals surface area contributed by atoms with Gasteiger partial charge in [0, 0.05) is 6.04 Å². The number of hydrogen-bond donors (Lipinski definition) is 3. The van der Waals surface area contributed by atoms with E-state index in [0.29, 0.717) is 12.0 Å². The van der Waals surface area contributed by atoms with Gasteiger partial charge in [-0.15, -0.1) is 11.3 Å². The molecule has 2 aromatic heterocycles. The van der Waals surface area contributed by atoms with Gasteiger partial charge in [0.05, 0.1) is 5.39 Å². The monoisotopic (exact) mass is 277 g/mol. The standard InChI is InChI=1S/C13H19N5S/c1-12(2)10(13(12,3)4)15-8-7-5-6-19-9(7)17-11(16-8)18-14/h5-6,10H,14H2,1-4H3,(H2,15,16,17,18). The largest absolute Gasteiger partial charge is 0.366 e. The van der Waals surface area contributed by atoms with Gasteiger partial charge in [-0.2, -0.15) is 4.98 Å². The molecule has 0 saturated heterocycles. The molecule has 0 atom stereocenters. The number of anilines is 2. The number of aromatic nitrogens is 2. The first-order valence-corrected chi connectivity index (χ1v) is 7.24. The third-order valence-corrected chi connectivity index (χ3v) is 5.56. The van der Waals surface area contributed by atoms with Crippen LogP contribution in [0.4, 0.5) is 11.8 Å². The van der Waals surface area contributed by atoms with Crippen molar-refractivity contribution in [3.63, 3.8) is 0 Å². The summed E-state index contributed by atoms with van der Waals surface area (Å²) < 4.78 is 0. The van der Waals surface area contributed by atoms with Gasteiger partial charge in [0.2, 0.25) is 5.95 Å². The molecule has 0 bridgehead atoms. The molecule has 1 aliphatic rings. The topological polar surface area (TPSA) is 75.9 Å². The van der Waals surface area contributed by atoms with E-state index < -0.39 is 0 Å². The van der Waals surface area contributed by atoms with Gasteiger partial charge in [0.1, 0.15) is 10.6 Å². The van der Waals surface area contributed by atoms with Crippen LogP contribution in [0.2, 0.25) is 0 Å². The average Bonchev–Trinajstić information content (AvgIpc) is 2.77. The second kappa shape index (κ2) is 3.80. The highest BCUT2D eigenvalue weighted by Gasteiger charge is 2.65. The minimum absolute atomic E-state index is 0.261. The first-order valence-electron chi connectivity index (χ1n) is 6.36. The van der Waals surface area contributed by atoms with Crippen molar-refractivity contribution in [1.82, 2.24) is 9.97 Å². The Kier molecular flexibility index (Phi) is 2.53. The van der Waals surface area contributed by atoms with E-state index in [9.17, 15) is 0 Å². The second-order valence-corrected chi connectivity index (χ2v) is 7.09. The van der Waals surface area contributed by atoms with Gasteiger partial charge in [-0.25, -0.2) is 10.8 Å². The first-order chi connectivity index (χ1) is 8.88. The van der Waals surface area contributed by atoms with E-state index in [4.69, 9.17) is 5.84 Å². The Hall–Kier alpha value is -1.40. The van der Waals surface area contributed by atoms with E-state index in [1.807, 2.05) is 11.4 Å². The molecule has 5 nitrogen and oxygen atoms in total. The van der Waals surface area contributed by atoms with Crippen molar-refractivity contribution >= 4 is 33.3 Å². The lowest BCUT2D eigenvalue weighted by atomic mass is 10.0. The Morgan fingerprint density at radius 1 is 1.21 bits per heavy atom. The molecule has 6 heteroatoms. The number of rotatable bonds is 3. The van der Waals surface area contributed by atoms with E-state index in [2.05, 4.69) is 48.4 Å². The molecule has 19 heavy (non-hydrogen) atoms. The van der Waals surface area contributed by atoms with Crippen molar-refractivity contribution in [2.45, 2.75) is 33.7 Å². The molecule has 0 unspecified atom stereocenters. The molecule has 1 aliphatic carbocycles. The number of hydrazine groups is 1. The number of thiophene rings is 1. The van der Waals surface area contributed by atoms with Crippen LogP contribution in [0.5, 0.6) is 0 Å². The van der Waals surface area contributed by atoms with Crippen molar-refractivity contribution in [3.8, 4) is 0 Å². The Morgan fingerprint density at radius 3 is 2.47 bits per heavy atom.